The van der Waals surface area contributed by atoms with Crippen LogP contribution in [0.25, 0.3) is 10.2 Å². The smallest absolute Gasteiger partial charge is 0.305 e. The number of nitrogens with zero attached hydrogens (tertiary/aromatic N) is 2. The summed E-state index contributed by atoms with van der Waals surface area (Å²) in [6, 6.07) is 10.3. The van der Waals surface area contributed by atoms with Gasteiger partial charge in [0.2, 0.25) is 5.91 Å². The molecule has 0 aliphatic heterocycles. The van der Waals surface area contributed by atoms with E-state index in [1.165, 1.54) is 62.0 Å². The Morgan fingerprint density at radius 3 is 2.29 bits per heavy atom. The Balaban J connectivity index is 1.20. The van der Waals surface area contributed by atoms with Gasteiger partial charge in [-0.25, -0.2) is 4.39 Å². The van der Waals surface area contributed by atoms with Crippen LogP contribution in [0.4, 0.5) is 4.39 Å². The van der Waals surface area contributed by atoms with Crippen molar-refractivity contribution in [2.45, 2.75) is 63.3 Å². The van der Waals surface area contributed by atoms with E-state index >= 15 is 0 Å². The highest BCUT2D eigenvalue weighted by atomic mass is 32.1. The second kappa shape index (κ2) is 11.9. The number of amides is 1. The second-order valence-electron chi connectivity index (χ2n) is 12.8. The van der Waals surface area contributed by atoms with Gasteiger partial charge in [0, 0.05) is 44.7 Å². The Bertz CT molecular complexity index is 1400. The number of aromatic nitrogens is 1. The number of hydrogen-bond acceptors (Lipinski definition) is 6. The topological polar surface area (TPSA) is 103 Å². The van der Waals surface area contributed by atoms with Crippen molar-refractivity contribution in [3.05, 3.63) is 63.0 Å². The quantitative estimate of drug-likeness (QED) is 0.273. The molecule has 4 aliphatic rings. The largest absolute Gasteiger partial charge is 0.506 e. The molecular weight excluding hydrogens is 539 g/mol. The number of fused-ring (bicyclic) bond motifs is 1. The third-order valence-corrected chi connectivity index (χ3v) is 10.9. The monoisotopic (exact) mass is 580 g/mol. The summed E-state index contributed by atoms with van der Waals surface area (Å²) in [6.45, 7) is 4.02. The molecule has 4 bridgehead atoms. The van der Waals surface area contributed by atoms with Gasteiger partial charge in [0.15, 0.2) is 0 Å². The van der Waals surface area contributed by atoms with Gasteiger partial charge >= 0.3 is 4.87 Å². The third kappa shape index (κ3) is 6.37. The molecule has 0 spiro atoms. The fourth-order valence-corrected chi connectivity index (χ4v) is 9.27. The molecular formula is C32H41FN4O3S. The van der Waals surface area contributed by atoms with E-state index in [2.05, 4.69) is 14.8 Å². The number of phenolic OH excluding ortho intramolecular Hbond substituents is 1. The Morgan fingerprint density at radius 1 is 0.951 bits per heavy atom. The van der Waals surface area contributed by atoms with Crippen molar-refractivity contribution in [2.24, 2.45) is 23.5 Å². The number of hydrogen-bond donors (Lipinski definition) is 3. The molecule has 4 aliphatic carbocycles. The zero-order valence-corrected chi connectivity index (χ0v) is 24.4. The van der Waals surface area contributed by atoms with Gasteiger partial charge in [-0.1, -0.05) is 29.5 Å². The van der Waals surface area contributed by atoms with Gasteiger partial charge in [-0.15, -0.1) is 0 Å². The van der Waals surface area contributed by atoms with E-state index in [1.807, 2.05) is 18.2 Å². The average molecular weight is 581 g/mol. The number of thiazole rings is 1. The van der Waals surface area contributed by atoms with Gasteiger partial charge in [-0.05, 0) is 98.4 Å². The molecule has 7 rings (SSSR count). The van der Waals surface area contributed by atoms with E-state index < -0.39 is 0 Å². The lowest BCUT2D eigenvalue weighted by Gasteiger charge is -2.61. The predicted molar refractivity (Wildman–Crippen MR) is 161 cm³/mol. The zero-order chi connectivity index (χ0) is 28.6. The fraction of sp³-hybridized carbons (Fsp3) is 0.562. The van der Waals surface area contributed by atoms with Crippen LogP contribution in [0.5, 0.6) is 5.75 Å². The van der Waals surface area contributed by atoms with Crippen molar-refractivity contribution in [3.8, 4) is 5.75 Å². The van der Waals surface area contributed by atoms with Gasteiger partial charge in [0.05, 0.1) is 4.70 Å². The predicted octanol–water partition coefficient (Wildman–Crippen LogP) is 4.67. The summed E-state index contributed by atoms with van der Waals surface area (Å²) >= 11 is 1.17. The van der Waals surface area contributed by atoms with Crippen LogP contribution >= 0.6 is 11.3 Å². The second-order valence-corrected chi connectivity index (χ2v) is 13.8. The maximum atomic E-state index is 13.4. The standard InChI is InChI=1S/C32H41FN4O3S/c33-26-4-1-21(2-5-26)7-10-36(11-9-28(34)39)13-14-37(32-18-22-15-23(19-32)17-24(16-22)20-32)12-8-25-3-6-27(38)29-30(25)41-31(40)35-29/h1-6,22-24,38H,7-20H2,(H2,34,39)(H,35,40). The maximum absolute atomic E-state index is 13.4. The molecule has 220 valence electrons. The Labute approximate surface area is 244 Å². The number of nitrogens with two attached hydrogens (primary N) is 1. The van der Waals surface area contributed by atoms with Crippen LogP contribution in [0.2, 0.25) is 0 Å². The van der Waals surface area contributed by atoms with Crippen molar-refractivity contribution >= 4 is 27.5 Å². The van der Waals surface area contributed by atoms with Crippen LogP contribution in [0, 0.1) is 23.6 Å². The summed E-state index contributed by atoms with van der Waals surface area (Å²) in [7, 11) is 0. The summed E-state index contributed by atoms with van der Waals surface area (Å²) in [6.07, 6.45) is 9.84. The SMILES string of the molecule is NC(=O)CCN(CCc1ccc(F)cc1)CCN(CCc1ccc(O)c2[nH]c(=O)sc12)C12CC3CC(CC(C3)C1)C2. The first-order valence-corrected chi connectivity index (χ1v) is 15.9. The van der Waals surface area contributed by atoms with E-state index in [1.54, 1.807) is 6.07 Å². The molecule has 4 N–H and O–H groups in total. The van der Waals surface area contributed by atoms with Crippen molar-refractivity contribution in [1.82, 2.24) is 14.8 Å². The molecule has 9 heteroatoms. The number of carbonyl (C=O) groups excluding carboxylic acids is 1. The summed E-state index contributed by atoms with van der Waals surface area (Å²) in [5.74, 6) is 2.06. The maximum Gasteiger partial charge on any atom is 0.305 e. The highest BCUT2D eigenvalue weighted by Gasteiger charge is 2.53. The van der Waals surface area contributed by atoms with Gasteiger partial charge in [-0.3, -0.25) is 14.5 Å². The minimum atomic E-state index is -0.295. The normalized spacial score (nSPS) is 25.1. The summed E-state index contributed by atoms with van der Waals surface area (Å²) < 4.78 is 14.3. The van der Waals surface area contributed by atoms with Crippen LogP contribution < -0.4 is 10.6 Å². The van der Waals surface area contributed by atoms with Crippen molar-refractivity contribution in [3.63, 3.8) is 0 Å². The zero-order valence-electron chi connectivity index (χ0n) is 23.6. The van der Waals surface area contributed by atoms with Gasteiger partial charge in [0.25, 0.3) is 0 Å². The van der Waals surface area contributed by atoms with E-state index in [4.69, 9.17) is 5.73 Å². The van der Waals surface area contributed by atoms with Crippen molar-refractivity contribution in [1.29, 1.82) is 0 Å². The molecule has 4 saturated carbocycles. The van der Waals surface area contributed by atoms with E-state index in [9.17, 15) is 19.1 Å². The van der Waals surface area contributed by atoms with Crippen LogP contribution in [0.3, 0.4) is 0 Å². The van der Waals surface area contributed by atoms with E-state index in [0.717, 1.165) is 72.6 Å². The lowest BCUT2D eigenvalue weighted by atomic mass is 9.52. The molecule has 0 atom stereocenters. The van der Waals surface area contributed by atoms with Crippen LogP contribution in [0.15, 0.2) is 41.2 Å². The molecule has 7 nitrogen and oxygen atoms in total. The Hall–Kier alpha value is -2.75. The number of aromatic hydroxyl groups is 1. The number of aromatic amines is 1. The summed E-state index contributed by atoms with van der Waals surface area (Å²) in [4.78, 5) is 31.5. The van der Waals surface area contributed by atoms with Crippen LogP contribution in [0.1, 0.15) is 56.1 Å². The number of rotatable bonds is 13. The Morgan fingerprint density at radius 2 is 1.63 bits per heavy atom. The average Bonchev–Trinajstić information content (AvgIpc) is 3.33. The van der Waals surface area contributed by atoms with Gasteiger partial charge in [-0.2, -0.15) is 0 Å². The summed E-state index contributed by atoms with van der Waals surface area (Å²) in [5, 5.41) is 10.3. The highest BCUT2D eigenvalue weighted by molar-refractivity contribution is 7.16. The molecule has 1 aromatic heterocycles. The Kier molecular flexibility index (Phi) is 8.21. The number of benzene rings is 2. The fourth-order valence-electron chi connectivity index (χ4n) is 8.37. The van der Waals surface area contributed by atoms with E-state index in [-0.39, 0.29) is 27.9 Å². The molecule has 2 aromatic carbocycles. The number of primary amides is 1. The third-order valence-electron chi connectivity index (χ3n) is 9.96. The molecule has 1 heterocycles. The number of phenols is 1. The number of halogens is 1. The van der Waals surface area contributed by atoms with Gasteiger partial charge in [0.1, 0.15) is 17.1 Å². The molecule has 4 fully saturated rings. The highest BCUT2D eigenvalue weighted by Crippen LogP contribution is 2.57. The molecule has 0 radical (unpaired) electrons. The van der Waals surface area contributed by atoms with E-state index in [0.29, 0.717) is 18.5 Å². The molecule has 3 aromatic rings. The van der Waals surface area contributed by atoms with Crippen LogP contribution in [-0.2, 0) is 17.6 Å². The van der Waals surface area contributed by atoms with Crippen molar-refractivity contribution in [2.75, 3.05) is 32.7 Å². The number of nitrogens with one attached hydrogen (secondary N) is 1. The first kappa shape index (κ1) is 28.4. The van der Waals surface area contributed by atoms with Crippen molar-refractivity contribution < 1.29 is 14.3 Å². The molecule has 0 saturated heterocycles. The minimum Gasteiger partial charge on any atom is -0.506 e. The van der Waals surface area contributed by atoms with Gasteiger partial charge < -0.3 is 20.7 Å². The first-order valence-electron chi connectivity index (χ1n) is 15.1. The number of H-pyrrole nitrogens is 1. The summed E-state index contributed by atoms with van der Waals surface area (Å²) in [5.41, 5.74) is 8.46. The minimum absolute atomic E-state index is 0.117. The number of carbonyl (C=O) groups is 1. The first-order chi connectivity index (χ1) is 19.8. The molecule has 0 unspecified atom stereocenters. The molecule has 1 amide bonds. The lowest BCUT2D eigenvalue weighted by Crippen LogP contribution is -2.61. The molecule has 41 heavy (non-hydrogen) atoms. The van der Waals surface area contributed by atoms with Crippen LogP contribution in [-0.4, -0.2) is 64.1 Å². The lowest BCUT2D eigenvalue weighted by molar-refractivity contribution is -0.118.